The first-order valence-corrected chi connectivity index (χ1v) is 7.37. The Morgan fingerprint density at radius 3 is 2.43 bits per heavy atom. The Hall–Kier alpha value is -2.23. The minimum atomic E-state index is 0.131. The van der Waals surface area contributed by atoms with Crippen molar-refractivity contribution < 1.29 is 4.79 Å². The van der Waals surface area contributed by atoms with Crippen LogP contribution in [0, 0.1) is 6.92 Å². The minimum Gasteiger partial charge on any atom is -0.368 e. The van der Waals surface area contributed by atoms with Gasteiger partial charge in [-0.05, 0) is 36.8 Å². The van der Waals surface area contributed by atoms with E-state index in [2.05, 4.69) is 36.1 Å². The van der Waals surface area contributed by atoms with Gasteiger partial charge in [-0.25, -0.2) is 0 Å². The van der Waals surface area contributed by atoms with Crippen molar-refractivity contribution in [2.45, 2.75) is 6.92 Å². The summed E-state index contributed by atoms with van der Waals surface area (Å²) in [5, 5.41) is 0. The van der Waals surface area contributed by atoms with Crippen LogP contribution in [0.2, 0.25) is 0 Å². The van der Waals surface area contributed by atoms with Crippen molar-refractivity contribution in [2.75, 3.05) is 31.1 Å². The van der Waals surface area contributed by atoms with Crippen LogP contribution in [0.5, 0.6) is 0 Å². The third kappa shape index (κ3) is 2.79. The van der Waals surface area contributed by atoms with Gasteiger partial charge in [-0.15, -0.1) is 0 Å². The Bertz CT molecular complexity index is 639. The number of nitrogens with zero attached hydrogens (tertiary/aromatic N) is 3. The molecule has 3 rings (SSSR count). The van der Waals surface area contributed by atoms with Gasteiger partial charge in [0.1, 0.15) is 5.69 Å². The Morgan fingerprint density at radius 1 is 1.05 bits per heavy atom. The highest BCUT2D eigenvalue weighted by molar-refractivity contribution is 5.92. The van der Waals surface area contributed by atoms with E-state index in [0.717, 1.165) is 31.9 Å². The van der Waals surface area contributed by atoms with Gasteiger partial charge in [0.25, 0.3) is 5.91 Å². The molecule has 0 spiro atoms. The number of aromatic nitrogens is 1. The molecule has 4 nitrogen and oxygen atoms in total. The Morgan fingerprint density at radius 2 is 1.81 bits per heavy atom. The molecule has 1 aromatic heterocycles. The second-order valence-corrected chi connectivity index (χ2v) is 5.62. The minimum absolute atomic E-state index is 0.131. The van der Waals surface area contributed by atoms with Crippen molar-refractivity contribution in [3.05, 3.63) is 53.9 Å². The fraction of sp³-hybridized carbons (Fsp3) is 0.353. The number of rotatable bonds is 2. The summed E-state index contributed by atoms with van der Waals surface area (Å²) in [6.45, 7) is 5.44. The number of amides is 1. The quantitative estimate of drug-likeness (QED) is 0.846. The number of carbonyl (C=O) groups excluding carboxylic acids is 1. The van der Waals surface area contributed by atoms with Crippen LogP contribution in [-0.4, -0.2) is 41.6 Å². The van der Waals surface area contributed by atoms with Gasteiger partial charge in [-0.2, -0.15) is 0 Å². The van der Waals surface area contributed by atoms with E-state index in [-0.39, 0.29) is 5.91 Å². The van der Waals surface area contributed by atoms with Crippen LogP contribution in [-0.2, 0) is 7.05 Å². The molecule has 1 amide bonds. The van der Waals surface area contributed by atoms with Gasteiger partial charge in [-0.1, -0.05) is 12.1 Å². The van der Waals surface area contributed by atoms with Gasteiger partial charge < -0.3 is 14.4 Å². The molecule has 0 radical (unpaired) electrons. The summed E-state index contributed by atoms with van der Waals surface area (Å²) in [5.41, 5.74) is 3.29. The zero-order chi connectivity index (χ0) is 14.8. The molecule has 0 aliphatic carbocycles. The molecule has 4 heteroatoms. The normalized spacial score (nSPS) is 15.3. The fourth-order valence-electron chi connectivity index (χ4n) is 2.84. The Balaban J connectivity index is 1.65. The zero-order valence-electron chi connectivity index (χ0n) is 12.6. The van der Waals surface area contributed by atoms with Crippen molar-refractivity contribution in [2.24, 2.45) is 7.05 Å². The van der Waals surface area contributed by atoms with E-state index >= 15 is 0 Å². The summed E-state index contributed by atoms with van der Waals surface area (Å²) in [4.78, 5) is 16.8. The lowest BCUT2D eigenvalue weighted by atomic mass is 10.2. The number of piperazine rings is 1. The molecule has 0 unspecified atom stereocenters. The van der Waals surface area contributed by atoms with E-state index in [1.807, 2.05) is 34.8 Å². The third-order valence-corrected chi connectivity index (χ3v) is 4.10. The Kier molecular flexibility index (Phi) is 3.69. The average molecular weight is 283 g/mol. The van der Waals surface area contributed by atoms with Gasteiger partial charge in [-0.3, -0.25) is 4.79 Å². The van der Waals surface area contributed by atoms with Crippen molar-refractivity contribution in [1.82, 2.24) is 9.47 Å². The molecule has 0 saturated carbocycles. The summed E-state index contributed by atoms with van der Waals surface area (Å²) in [7, 11) is 1.91. The lowest BCUT2D eigenvalue weighted by Crippen LogP contribution is -2.49. The summed E-state index contributed by atoms with van der Waals surface area (Å²) in [6, 6.07) is 12.3. The summed E-state index contributed by atoms with van der Waals surface area (Å²) in [5.74, 6) is 0.131. The molecule has 1 aromatic carbocycles. The van der Waals surface area contributed by atoms with Gasteiger partial charge in [0.05, 0.1) is 0 Å². The molecule has 2 aromatic rings. The second kappa shape index (κ2) is 5.64. The zero-order valence-corrected chi connectivity index (χ0v) is 12.6. The van der Waals surface area contributed by atoms with Crippen LogP contribution in [0.15, 0.2) is 42.6 Å². The van der Waals surface area contributed by atoms with E-state index < -0.39 is 0 Å². The van der Waals surface area contributed by atoms with Crippen LogP contribution in [0.1, 0.15) is 16.1 Å². The van der Waals surface area contributed by atoms with E-state index in [4.69, 9.17) is 0 Å². The highest BCUT2D eigenvalue weighted by Crippen LogP contribution is 2.18. The van der Waals surface area contributed by atoms with Crippen molar-refractivity contribution in [3.8, 4) is 0 Å². The number of benzene rings is 1. The molecule has 1 aliphatic rings. The second-order valence-electron chi connectivity index (χ2n) is 5.62. The lowest BCUT2D eigenvalue weighted by molar-refractivity contribution is 0.0737. The van der Waals surface area contributed by atoms with Crippen LogP contribution < -0.4 is 4.90 Å². The molecule has 2 heterocycles. The lowest BCUT2D eigenvalue weighted by Gasteiger charge is -2.36. The molecule has 0 N–H and O–H groups in total. The summed E-state index contributed by atoms with van der Waals surface area (Å²) in [6.07, 6.45) is 1.91. The van der Waals surface area contributed by atoms with Crippen LogP contribution >= 0.6 is 0 Å². The summed E-state index contributed by atoms with van der Waals surface area (Å²) < 4.78 is 1.88. The van der Waals surface area contributed by atoms with Crippen LogP contribution in [0.25, 0.3) is 0 Å². The van der Waals surface area contributed by atoms with E-state index in [9.17, 15) is 4.79 Å². The first kappa shape index (κ1) is 13.7. The predicted molar refractivity (Wildman–Crippen MR) is 84.7 cm³/mol. The van der Waals surface area contributed by atoms with E-state index in [1.54, 1.807) is 0 Å². The number of carbonyl (C=O) groups is 1. The molecule has 0 atom stereocenters. The topological polar surface area (TPSA) is 28.5 Å². The van der Waals surface area contributed by atoms with Gasteiger partial charge >= 0.3 is 0 Å². The monoisotopic (exact) mass is 283 g/mol. The third-order valence-electron chi connectivity index (χ3n) is 4.10. The predicted octanol–water partition coefficient (Wildman–Crippen LogP) is 2.30. The molecular formula is C17H21N3O. The highest BCUT2D eigenvalue weighted by atomic mass is 16.2. The highest BCUT2D eigenvalue weighted by Gasteiger charge is 2.23. The summed E-state index contributed by atoms with van der Waals surface area (Å²) >= 11 is 0. The smallest absolute Gasteiger partial charge is 0.270 e. The number of hydrogen-bond donors (Lipinski definition) is 0. The maximum absolute atomic E-state index is 12.5. The van der Waals surface area contributed by atoms with Crippen molar-refractivity contribution in [3.63, 3.8) is 0 Å². The van der Waals surface area contributed by atoms with Gasteiger partial charge in [0, 0.05) is 45.1 Å². The molecule has 21 heavy (non-hydrogen) atoms. The number of anilines is 1. The van der Waals surface area contributed by atoms with Crippen LogP contribution in [0.4, 0.5) is 5.69 Å². The standard InChI is InChI=1S/C17H21N3O/c1-14-5-3-6-15(13-14)19-9-11-20(12-10-19)17(21)16-7-4-8-18(16)2/h3-8,13H,9-12H2,1-2H3. The number of hydrogen-bond acceptors (Lipinski definition) is 2. The molecule has 1 aliphatic heterocycles. The van der Waals surface area contributed by atoms with Gasteiger partial charge in [0.2, 0.25) is 0 Å². The van der Waals surface area contributed by atoms with E-state index in [1.165, 1.54) is 11.3 Å². The first-order valence-electron chi connectivity index (χ1n) is 7.37. The van der Waals surface area contributed by atoms with Gasteiger partial charge in [0.15, 0.2) is 0 Å². The van der Waals surface area contributed by atoms with Crippen molar-refractivity contribution in [1.29, 1.82) is 0 Å². The van der Waals surface area contributed by atoms with Crippen molar-refractivity contribution >= 4 is 11.6 Å². The van der Waals surface area contributed by atoms with Crippen LogP contribution in [0.3, 0.4) is 0 Å². The Labute approximate surface area is 125 Å². The fourth-order valence-corrected chi connectivity index (χ4v) is 2.84. The molecule has 1 saturated heterocycles. The SMILES string of the molecule is Cc1cccc(N2CCN(C(=O)c3cccn3C)CC2)c1. The maximum Gasteiger partial charge on any atom is 0.270 e. The average Bonchev–Trinajstić information content (AvgIpc) is 2.93. The number of aryl methyl sites for hydroxylation is 2. The first-order chi connectivity index (χ1) is 10.1. The van der Waals surface area contributed by atoms with E-state index in [0.29, 0.717) is 0 Å². The molecular weight excluding hydrogens is 262 g/mol. The molecule has 110 valence electrons. The molecule has 1 fully saturated rings. The molecule has 0 bridgehead atoms. The largest absolute Gasteiger partial charge is 0.368 e. The maximum atomic E-state index is 12.5.